The summed E-state index contributed by atoms with van der Waals surface area (Å²) in [7, 11) is 2.35. The van der Waals surface area contributed by atoms with Gasteiger partial charge in [-0.25, -0.2) is 8.75 Å². The molecule has 158 valence electrons. The molecule has 0 fully saturated rings. The molecule has 0 aliphatic rings. The summed E-state index contributed by atoms with van der Waals surface area (Å²) < 4.78 is 18.9. The topological polar surface area (TPSA) is 32.6 Å². The molecule has 0 heterocycles. The third kappa shape index (κ3) is 6.31. The highest BCUT2D eigenvalue weighted by Crippen LogP contribution is 2.32. The van der Waals surface area contributed by atoms with Crippen molar-refractivity contribution in [2.24, 2.45) is 4.36 Å². The van der Waals surface area contributed by atoms with E-state index >= 15 is 0 Å². The van der Waals surface area contributed by atoms with Crippen molar-refractivity contribution < 1.29 is 9.50 Å². The van der Waals surface area contributed by atoms with Crippen LogP contribution in [0, 0.1) is 5.82 Å². The van der Waals surface area contributed by atoms with Crippen LogP contribution in [0.1, 0.15) is 75.6 Å². The third-order valence-corrected chi connectivity index (χ3v) is 7.28. The lowest BCUT2D eigenvalue weighted by Gasteiger charge is -2.20. The van der Waals surface area contributed by atoms with Gasteiger partial charge in [-0.3, -0.25) is 0 Å². The van der Waals surface area contributed by atoms with Gasteiger partial charge in [-0.05, 0) is 82.5 Å². The zero-order valence-corrected chi connectivity index (χ0v) is 20.3. The van der Waals surface area contributed by atoms with Crippen LogP contribution in [0.3, 0.4) is 0 Å². The molecule has 5 heteroatoms. The van der Waals surface area contributed by atoms with Gasteiger partial charge in [-0.2, -0.15) is 0 Å². The van der Waals surface area contributed by atoms with Gasteiger partial charge in [0.25, 0.3) is 0 Å². The Balaban J connectivity index is 2.32. The molecule has 0 saturated heterocycles. The van der Waals surface area contributed by atoms with Crippen molar-refractivity contribution in [3.63, 3.8) is 0 Å². The van der Waals surface area contributed by atoms with Crippen molar-refractivity contribution in [2.75, 3.05) is 0 Å². The summed E-state index contributed by atoms with van der Waals surface area (Å²) in [6.45, 7) is 16.1. The highest BCUT2D eigenvalue weighted by Gasteiger charge is 2.17. The van der Waals surface area contributed by atoms with Gasteiger partial charge >= 0.3 is 0 Å². The minimum atomic E-state index is -0.859. The number of halogens is 1. The highest BCUT2D eigenvalue weighted by atomic mass is 32.7. The predicted molar refractivity (Wildman–Crippen MR) is 127 cm³/mol. The van der Waals surface area contributed by atoms with Crippen LogP contribution >= 0.6 is 8.44 Å². The van der Waals surface area contributed by atoms with E-state index in [2.05, 4.69) is 42.7 Å². The fourth-order valence-electron chi connectivity index (χ4n) is 3.34. The molecule has 2 atom stereocenters. The molecular formula is C24H33FNOPS. The van der Waals surface area contributed by atoms with E-state index in [1.165, 1.54) is 0 Å². The van der Waals surface area contributed by atoms with Gasteiger partial charge in [0.15, 0.2) is 0 Å². The van der Waals surface area contributed by atoms with Crippen molar-refractivity contribution in [3.05, 3.63) is 76.7 Å². The minimum Gasteiger partial charge on any atom is -0.386 e. The summed E-state index contributed by atoms with van der Waals surface area (Å²) in [5.74, 6) is 0.283. The minimum absolute atomic E-state index is 0.179. The van der Waals surface area contributed by atoms with Crippen LogP contribution in [0.25, 0.3) is 0 Å². The van der Waals surface area contributed by atoms with Gasteiger partial charge in [-0.15, -0.1) is 0 Å². The number of hydrogen-bond acceptors (Lipinski definition) is 2. The van der Waals surface area contributed by atoms with Crippen LogP contribution < -0.4 is 0 Å². The fourth-order valence-corrected chi connectivity index (χ4v) is 5.13. The molecular weight excluding hydrogens is 400 g/mol. The molecule has 0 aliphatic heterocycles. The maximum atomic E-state index is 14.1. The second-order valence-corrected chi connectivity index (χ2v) is 11.2. The molecule has 0 amide bonds. The Kier molecular flexibility index (Phi) is 7.95. The smallest absolute Gasteiger partial charge is 0.123 e. The first-order valence-electron chi connectivity index (χ1n) is 9.93. The third-order valence-electron chi connectivity index (χ3n) is 4.94. The average molecular weight is 434 g/mol. The van der Waals surface area contributed by atoms with Gasteiger partial charge < -0.3 is 5.11 Å². The maximum Gasteiger partial charge on any atom is 0.123 e. The Morgan fingerprint density at radius 2 is 1.59 bits per heavy atom. The SMILES string of the molecule is C=C(Cc1c(C(C)C)cc(F)cc1C(C)C)/N=S(/P)c1ccc(C(C)(C)O)cc1. The van der Waals surface area contributed by atoms with E-state index < -0.39 is 15.9 Å². The van der Waals surface area contributed by atoms with E-state index in [0.717, 1.165) is 32.8 Å². The quantitative estimate of drug-likeness (QED) is 0.468. The van der Waals surface area contributed by atoms with Crippen LogP contribution in [-0.2, 0) is 22.3 Å². The Labute approximate surface area is 179 Å². The van der Waals surface area contributed by atoms with E-state index in [0.29, 0.717) is 6.42 Å². The molecule has 1 N–H and O–H groups in total. The largest absolute Gasteiger partial charge is 0.386 e. The number of rotatable bonds is 7. The summed E-state index contributed by atoms with van der Waals surface area (Å²) in [5, 5.41) is 10.1. The van der Waals surface area contributed by atoms with E-state index in [4.69, 9.17) is 4.36 Å². The molecule has 0 spiro atoms. The van der Waals surface area contributed by atoms with Gasteiger partial charge in [0.2, 0.25) is 0 Å². The van der Waals surface area contributed by atoms with Crippen molar-refractivity contribution in [1.82, 2.24) is 0 Å². The first-order chi connectivity index (χ1) is 13.4. The molecule has 0 bridgehead atoms. The first-order valence-corrected chi connectivity index (χ1v) is 12.6. The van der Waals surface area contributed by atoms with Crippen molar-refractivity contribution in [1.29, 1.82) is 0 Å². The van der Waals surface area contributed by atoms with Crippen LogP contribution in [0.4, 0.5) is 4.39 Å². The molecule has 29 heavy (non-hydrogen) atoms. The predicted octanol–water partition coefficient (Wildman–Crippen LogP) is 7.01. The number of hydrogen-bond donors (Lipinski definition) is 1. The maximum absolute atomic E-state index is 14.1. The molecule has 0 radical (unpaired) electrons. The molecule has 0 aliphatic carbocycles. The Morgan fingerprint density at radius 3 is 2.00 bits per heavy atom. The summed E-state index contributed by atoms with van der Waals surface area (Å²) in [5.41, 5.74) is 4.00. The highest BCUT2D eigenvalue weighted by molar-refractivity contribution is 8.34. The van der Waals surface area contributed by atoms with Crippen LogP contribution in [0.15, 0.2) is 57.9 Å². The molecule has 0 aromatic heterocycles. The summed E-state index contributed by atoms with van der Waals surface area (Å²) >= 11 is 0. The zero-order valence-electron chi connectivity index (χ0n) is 18.3. The van der Waals surface area contributed by atoms with Gasteiger partial charge in [0.05, 0.1) is 5.60 Å². The lowest BCUT2D eigenvalue weighted by Crippen LogP contribution is -2.15. The molecule has 2 nitrogen and oxygen atoms in total. The number of aliphatic hydroxyl groups is 1. The van der Waals surface area contributed by atoms with Crippen LogP contribution in [0.2, 0.25) is 0 Å². The lowest BCUT2D eigenvalue weighted by molar-refractivity contribution is 0.0785. The first kappa shape index (κ1) is 23.9. The summed E-state index contributed by atoms with van der Waals surface area (Å²) in [6, 6.07) is 11.2. The van der Waals surface area contributed by atoms with Gasteiger partial charge in [-0.1, -0.05) is 54.8 Å². The van der Waals surface area contributed by atoms with E-state index in [1.807, 2.05) is 24.3 Å². The number of nitrogens with zero attached hydrogens (tertiary/aromatic N) is 1. The fraction of sp³-hybridized carbons (Fsp3) is 0.417. The van der Waals surface area contributed by atoms with Crippen LogP contribution in [-0.4, -0.2) is 5.11 Å². The van der Waals surface area contributed by atoms with Crippen molar-refractivity contribution in [3.8, 4) is 0 Å². The Morgan fingerprint density at radius 1 is 1.10 bits per heavy atom. The number of benzene rings is 2. The second kappa shape index (κ2) is 9.64. The molecule has 2 aromatic carbocycles. The zero-order chi connectivity index (χ0) is 21.9. The normalized spacial score (nSPS) is 13.3. The molecule has 2 aromatic rings. The van der Waals surface area contributed by atoms with Gasteiger partial charge in [0, 0.05) is 17.0 Å². The van der Waals surface area contributed by atoms with Gasteiger partial charge in [0.1, 0.15) is 5.82 Å². The second-order valence-electron chi connectivity index (χ2n) is 8.60. The van der Waals surface area contributed by atoms with Crippen LogP contribution in [0.5, 0.6) is 0 Å². The van der Waals surface area contributed by atoms with E-state index in [-0.39, 0.29) is 17.7 Å². The van der Waals surface area contributed by atoms with E-state index in [9.17, 15) is 9.50 Å². The Bertz CT molecular complexity index is 882. The summed E-state index contributed by atoms with van der Waals surface area (Å²) in [6.07, 6.45) is 0.612. The summed E-state index contributed by atoms with van der Waals surface area (Å²) in [4.78, 5) is 1.07. The average Bonchev–Trinajstić information content (AvgIpc) is 2.61. The molecule has 0 saturated carbocycles. The van der Waals surface area contributed by atoms with E-state index in [1.54, 1.807) is 26.0 Å². The standard InChI is InChI=1S/C24H33FNOPS/c1-15(2)21-13-19(25)14-22(16(3)4)23(21)12-17(5)26-29(28)20-10-8-18(9-11-20)24(6,7)27/h8-11,13-16,27H,5,12,28H2,1-4,6-7H3. The van der Waals surface area contributed by atoms with Crippen molar-refractivity contribution in [2.45, 2.75) is 70.3 Å². The van der Waals surface area contributed by atoms with Crippen molar-refractivity contribution >= 4 is 18.8 Å². The molecule has 2 rings (SSSR count). The Hall–Kier alpha value is -1.35. The monoisotopic (exact) mass is 433 g/mol. The lowest BCUT2D eigenvalue weighted by atomic mass is 9.86. The molecule has 2 unspecified atom stereocenters. The number of allylic oxidation sites excluding steroid dienone is 1.